The van der Waals surface area contributed by atoms with Crippen molar-refractivity contribution in [3.05, 3.63) is 0 Å². The van der Waals surface area contributed by atoms with E-state index in [0.717, 1.165) is 13.0 Å². The lowest BCUT2D eigenvalue weighted by Gasteiger charge is -2.28. The van der Waals surface area contributed by atoms with Gasteiger partial charge in [-0.1, -0.05) is 15.9 Å². The minimum atomic E-state index is -0.394. The van der Waals surface area contributed by atoms with E-state index < -0.39 is 5.60 Å². The number of ether oxygens (including phenoxy) is 2. The molecule has 0 aromatic heterocycles. The highest BCUT2D eigenvalue weighted by atomic mass is 79.9. The van der Waals surface area contributed by atoms with Crippen molar-refractivity contribution >= 4 is 21.9 Å². The molecule has 15 heavy (non-hydrogen) atoms. The quantitative estimate of drug-likeness (QED) is 0.575. The number of carbonyl (C=O) groups excluding carboxylic acids is 1. The molecule has 0 aliphatic carbocycles. The van der Waals surface area contributed by atoms with E-state index in [1.165, 1.54) is 0 Å². The van der Waals surface area contributed by atoms with E-state index in [1.54, 1.807) is 0 Å². The normalized spacial score (nSPS) is 27.5. The lowest BCUT2D eigenvalue weighted by atomic mass is 9.98. The van der Waals surface area contributed by atoms with Gasteiger partial charge in [-0.05, 0) is 27.2 Å². The Hall–Kier alpha value is -0.0900. The molecule has 88 valence electrons. The molecule has 2 atom stereocenters. The van der Waals surface area contributed by atoms with E-state index in [1.807, 2.05) is 20.8 Å². The van der Waals surface area contributed by atoms with Crippen LogP contribution in [0.15, 0.2) is 0 Å². The Kier molecular flexibility index (Phi) is 4.59. The number of hydrogen-bond acceptors (Lipinski definition) is 3. The molecule has 1 saturated heterocycles. The summed E-state index contributed by atoms with van der Waals surface area (Å²) in [6.45, 7) is 7.07. The first-order chi connectivity index (χ1) is 6.88. The van der Waals surface area contributed by atoms with E-state index in [-0.39, 0.29) is 11.9 Å². The van der Waals surface area contributed by atoms with Gasteiger partial charge in [-0.25, -0.2) is 0 Å². The maximum absolute atomic E-state index is 11.6. The third-order valence-electron chi connectivity index (χ3n) is 2.23. The monoisotopic (exact) mass is 278 g/mol. The van der Waals surface area contributed by atoms with E-state index >= 15 is 0 Å². The van der Waals surface area contributed by atoms with E-state index in [9.17, 15) is 4.79 Å². The minimum Gasteiger partial charge on any atom is -0.460 e. The largest absolute Gasteiger partial charge is 0.460 e. The maximum atomic E-state index is 11.6. The molecular weight excluding hydrogens is 260 g/mol. The zero-order chi connectivity index (χ0) is 11.5. The number of halogens is 1. The zero-order valence-corrected chi connectivity index (χ0v) is 11.2. The van der Waals surface area contributed by atoms with Crippen LogP contribution in [0.3, 0.4) is 0 Å². The van der Waals surface area contributed by atoms with Crippen LogP contribution in [0.25, 0.3) is 0 Å². The van der Waals surface area contributed by atoms with Crippen LogP contribution >= 0.6 is 15.9 Å². The van der Waals surface area contributed by atoms with E-state index in [2.05, 4.69) is 15.9 Å². The van der Waals surface area contributed by atoms with E-state index in [0.29, 0.717) is 17.9 Å². The molecule has 0 unspecified atom stereocenters. The summed E-state index contributed by atoms with van der Waals surface area (Å²) in [7, 11) is 0. The van der Waals surface area contributed by atoms with Crippen LogP contribution in [-0.4, -0.2) is 29.6 Å². The van der Waals surface area contributed by atoms with Gasteiger partial charge in [0.2, 0.25) is 0 Å². The van der Waals surface area contributed by atoms with Crippen LogP contribution in [0, 0.1) is 5.92 Å². The van der Waals surface area contributed by atoms with Gasteiger partial charge in [0.25, 0.3) is 0 Å². The Morgan fingerprint density at radius 1 is 1.53 bits per heavy atom. The summed E-state index contributed by atoms with van der Waals surface area (Å²) in [4.78, 5) is 11.9. The second kappa shape index (κ2) is 5.30. The van der Waals surface area contributed by atoms with Crippen LogP contribution in [0.4, 0.5) is 0 Å². The van der Waals surface area contributed by atoms with Crippen LogP contribution in [0.2, 0.25) is 0 Å². The molecule has 0 saturated carbocycles. The molecule has 4 heteroatoms. The summed E-state index contributed by atoms with van der Waals surface area (Å²) >= 11 is 3.58. The minimum absolute atomic E-state index is 0.137. The van der Waals surface area contributed by atoms with Gasteiger partial charge >= 0.3 is 5.97 Å². The zero-order valence-electron chi connectivity index (χ0n) is 9.59. The molecule has 0 aromatic carbocycles. The SMILES string of the molecule is CC(C)(C)OC(=O)C[C@H]1COCC[C@@H]1Br. The fourth-order valence-electron chi connectivity index (χ4n) is 1.55. The van der Waals surface area contributed by atoms with Crippen molar-refractivity contribution in [3.63, 3.8) is 0 Å². The van der Waals surface area contributed by atoms with E-state index in [4.69, 9.17) is 9.47 Å². The molecule has 1 aliphatic heterocycles. The van der Waals surface area contributed by atoms with Crippen molar-refractivity contribution < 1.29 is 14.3 Å². The molecule has 1 rings (SSSR count). The van der Waals surface area contributed by atoms with Gasteiger partial charge < -0.3 is 9.47 Å². The standard InChI is InChI=1S/C11H19BrO3/c1-11(2,3)15-10(13)6-8-7-14-5-4-9(8)12/h8-9H,4-7H2,1-3H3/t8-,9-/m0/s1. The summed E-state index contributed by atoms with van der Waals surface area (Å²) < 4.78 is 10.6. The topological polar surface area (TPSA) is 35.5 Å². The number of esters is 1. The van der Waals surface area contributed by atoms with Crippen LogP contribution < -0.4 is 0 Å². The number of alkyl halides is 1. The Morgan fingerprint density at radius 2 is 2.20 bits per heavy atom. The highest BCUT2D eigenvalue weighted by Crippen LogP contribution is 2.25. The number of carbonyl (C=O) groups is 1. The molecule has 0 radical (unpaired) electrons. The third kappa shape index (κ3) is 4.98. The number of rotatable bonds is 2. The van der Waals surface area contributed by atoms with Crippen molar-refractivity contribution in [2.45, 2.75) is 44.0 Å². The predicted molar refractivity (Wildman–Crippen MR) is 62.1 cm³/mol. The Bertz CT molecular complexity index is 222. The van der Waals surface area contributed by atoms with Crippen molar-refractivity contribution in [2.75, 3.05) is 13.2 Å². The molecule has 0 bridgehead atoms. The predicted octanol–water partition coefficient (Wildman–Crippen LogP) is 2.52. The Morgan fingerprint density at radius 3 is 2.73 bits per heavy atom. The highest BCUT2D eigenvalue weighted by Gasteiger charge is 2.27. The second-order valence-corrected chi connectivity index (χ2v) is 6.11. The molecular formula is C11H19BrO3. The molecule has 0 amide bonds. The fraction of sp³-hybridized carbons (Fsp3) is 0.909. The van der Waals surface area contributed by atoms with Gasteiger partial charge in [0.1, 0.15) is 5.60 Å². The third-order valence-corrected chi connectivity index (χ3v) is 3.44. The van der Waals surface area contributed by atoms with Gasteiger partial charge in [0.15, 0.2) is 0 Å². The van der Waals surface area contributed by atoms with Crippen molar-refractivity contribution in [3.8, 4) is 0 Å². The molecule has 1 aliphatic rings. The van der Waals surface area contributed by atoms with Crippen LogP contribution in [-0.2, 0) is 14.3 Å². The fourth-order valence-corrected chi connectivity index (χ4v) is 2.08. The first-order valence-corrected chi connectivity index (χ1v) is 6.24. The molecule has 1 heterocycles. The molecule has 3 nitrogen and oxygen atoms in total. The molecule has 0 aromatic rings. The average molecular weight is 279 g/mol. The smallest absolute Gasteiger partial charge is 0.306 e. The molecule has 0 N–H and O–H groups in total. The van der Waals surface area contributed by atoms with Gasteiger partial charge in [-0.2, -0.15) is 0 Å². The average Bonchev–Trinajstić information content (AvgIpc) is 2.05. The van der Waals surface area contributed by atoms with Crippen LogP contribution in [0.1, 0.15) is 33.6 Å². The highest BCUT2D eigenvalue weighted by molar-refractivity contribution is 9.09. The van der Waals surface area contributed by atoms with Crippen LogP contribution in [0.5, 0.6) is 0 Å². The van der Waals surface area contributed by atoms with Gasteiger partial charge in [-0.3, -0.25) is 4.79 Å². The lowest BCUT2D eigenvalue weighted by molar-refractivity contribution is -0.156. The lowest BCUT2D eigenvalue weighted by Crippen LogP contribution is -2.32. The van der Waals surface area contributed by atoms with Gasteiger partial charge in [-0.15, -0.1) is 0 Å². The second-order valence-electron chi connectivity index (χ2n) is 4.93. The van der Waals surface area contributed by atoms with Crippen molar-refractivity contribution in [1.29, 1.82) is 0 Å². The summed E-state index contributed by atoms with van der Waals surface area (Å²) in [5.41, 5.74) is -0.394. The van der Waals surface area contributed by atoms with Gasteiger partial charge in [0.05, 0.1) is 13.0 Å². The Labute approximate surface area is 99.6 Å². The van der Waals surface area contributed by atoms with Gasteiger partial charge in [0, 0.05) is 17.4 Å². The summed E-state index contributed by atoms with van der Waals surface area (Å²) in [5.74, 6) is 0.107. The first kappa shape index (κ1) is 13.0. The Balaban J connectivity index is 2.36. The van der Waals surface area contributed by atoms with Crippen molar-refractivity contribution in [1.82, 2.24) is 0 Å². The number of hydrogen-bond donors (Lipinski definition) is 0. The first-order valence-electron chi connectivity index (χ1n) is 5.32. The summed E-state index contributed by atoms with van der Waals surface area (Å²) in [6, 6.07) is 0. The summed E-state index contributed by atoms with van der Waals surface area (Å²) in [5, 5.41) is 0. The van der Waals surface area contributed by atoms with Crippen molar-refractivity contribution in [2.24, 2.45) is 5.92 Å². The maximum Gasteiger partial charge on any atom is 0.306 e. The summed E-state index contributed by atoms with van der Waals surface area (Å²) in [6.07, 6.45) is 1.40. The molecule has 0 spiro atoms. The molecule has 1 fully saturated rings.